The molecule has 1 heterocycles. The molecule has 0 N–H and O–H groups in total. The van der Waals surface area contributed by atoms with E-state index in [4.69, 9.17) is 16.3 Å². The van der Waals surface area contributed by atoms with E-state index in [1.807, 2.05) is 30.3 Å². The lowest BCUT2D eigenvalue weighted by Gasteiger charge is -2.07. The Hall–Kier alpha value is -1.52. The molecular formula is C14H12ClNO2S. The van der Waals surface area contributed by atoms with E-state index in [2.05, 4.69) is 4.98 Å². The minimum Gasteiger partial charge on any atom is -0.465 e. The third kappa shape index (κ3) is 3.72. The number of halogens is 1. The lowest BCUT2D eigenvalue weighted by atomic mass is 10.2. The third-order valence-electron chi connectivity index (χ3n) is 2.48. The molecule has 0 aliphatic carbocycles. The van der Waals surface area contributed by atoms with Gasteiger partial charge in [0.05, 0.1) is 12.7 Å². The number of pyridine rings is 1. The normalized spacial score (nSPS) is 10.2. The van der Waals surface area contributed by atoms with Gasteiger partial charge in [-0.25, -0.2) is 9.78 Å². The topological polar surface area (TPSA) is 39.2 Å². The van der Waals surface area contributed by atoms with Crippen molar-refractivity contribution in [1.82, 2.24) is 4.98 Å². The number of methoxy groups -OCH3 is 1. The fourth-order valence-corrected chi connectivity index (χ4v) is 2.63. The Morgan fingerprint density at radius 1 is 1.37 bits per heavy atom. The highest BCUT2D eigenvalue weighted by molar-refractivity contribution is 7.98. The number of ether oxygens (including phenoxy) is 1. The van der Waals surface area contributed by atoms with Gasteiger partial charge in [0.1, 0.15) is 5.15 Å². The van der Waals surface area contributed by atoms with Crippen molar-refractivity contribution in [3.8, 4) is 0 Å². The molecule has 3 nitrogen and oxygen atoms in total. The molecule has 0 fully saturated rings. The molecule has 0 spiro atoms. The highest BCUT2D eigenvalue weighted by Gasteiger charge is 2.13. The first kappa shape index (κ1) is 13.9. The highest BCUT2D eigenvalue weighted by atomic mass is 35.5. The number of carbonyl (C=O) groups excluding carboxylic acids is 1. The van der Waals surface area contributed by atoms with E-state index in [9.17, 15) is 4.79 Å². The average molecular weight is 294 g/mol. The predicted molar refractivity (Wildman–Crippen MR) is 76.6 cm³/mol. The standard InChI is InChI=1S/C14H12ClNO2S/c1-18-14(17)11-7-13(15)16-8-12(11)19-9-10-5-3-2-4-6-10/h2-8H,9H2,1H3. The summed E-state index contributed by atoms with van der Waals surface area (Å²) in [5.74, 6) is 0.355. The summed E-state index contributed by atoms with van der Waals surface area (Å²) in [6.45, 7) is 0. The molecule has 0 bridgehead atoms. The van der Waals surface area contributed by atoms with Gasteiger partial charge < -0.3 is 4.74 Å². The lowest BCUT2D eigenvalue weighted by molar-refractivity contribution is 0.0596. The van der Waals surface area contributed by atoms with Crippen molar-refractivity contribution in [3.63, 3.8) is 0 Å². The molecule has 2 rings (SSSR count). The van der Waals surface area contributed by atoms with Crippen LogP contribution in [0.3, 0.4) is 0 Å². The van der Waals surface area contributed by atoms with Gasteiger partial charge in [0, 0.05) is 16.8 Å². The first-order chi connectivity index (χ1) is 9.20. The number of aromatic nitrogens is 1. The largest absolute Gasteiger partial charge is 0.465 e. The fraction of sp³-hybridized carbons (Fsp3) is 0.143. The van der Waals surface area contributed by atoms with Crippen molar-refractivity contribution in [1.29, 1.82) is 0 Å². The van der Waals surface area contributed by atoms with Crippen LogP contribution >= 0.6 is 23.4 Å². The van der Waals surface area contributed by atoms with Crippen molar-refractivity contribution in [2.45, 2.75) is 10.6 Å². The number of nitrogens with zero attached hydrogens (tertiary/aromatic N) is 1. The van der Waals surface area contributed by atoms with Crippen LogP contribution in [0.15, 0.2) is 47.5 Å². The maximum atomic E-state index is 11.7. The van der Waals surface area contributed by atoms with Crippen LogP contribution < -0.4 is 0 Å². The molecule has 0 saturated carbocycles. The monoisotopic (exact) mass is 293 g/mol. The Bertz CT molecular complexity index is 575. The molecule has 0 atom stereocenters. The molecule has 0 amide bonds. The van der Waals surface area contributed by atoms with E-state index in [0.29, 0.717) is 5.56 Å². The molecule has 0 aliphatic heterocycles. The summed E-state index contributed by atoms with van der Waals surface area (Å²) in [5, 5.41) is 0.282. The molecule has 2 aromatic rings. The van der Waals surface area contributed by atoms with Gasteiger partial charge in [-0.1, -0.05) is 41.9 Å². The van der Waals surface area contributed by atoms with E-state index < -0.39 is 5.97 Å². The van der Waals surface area contributed by atoms with Crippen LogP contribution in [0, 0.1) is 0 Å². The maximum absolute atomic E-state index is 11.7. The highest BCUT2D eigenvalue weighted by Crippen LogP contribution is 2.27. The Balaban J connectivity index is 2.18. The molecule has 19 heavy (non-hydrogen) atoms. The summed E-state index contributed by atoms with van der Waals surface area (Å²) in [6, 6.07) is 11.5. The number of carbonyl (C=O) groups is 1. The van der Waals surface area contributed by atoms with E-state index in [0.717, 1.165) is 10.6 Å². The summed E-state index contributed by atoms with van der Waals surface area (Å²) < 4.78 is 4.75. The van der Waals surface area contributed by atoms with Crippen LogP contribution in [0.1, 0.15) is 15.9 Å². The minimum atomic E-state index is -0.403. The summed E-state index contributed by atoms with van der Waals surface area (Å²) >= 11 is 7.34. The molecule has 5 heteroatoms. The molecule has 1 aromatic heterocycles. The number of thioether (sulfide) groups is 1. The van der Waals surface area contributed by atoms with E-state index in [-0.39, 0.29) is 5.15 Å². The molecule has 0 radical (unpaired) electrons. The smallest absolute Gasteiger partial charge is 0.339 e. The van der Waals surface area contributed by atoms with Crippen molar-refractivity contribution < 1.29 is 9.53 Å². The van der Waals surface area contributed by atoms with Crippen molar-refractivity contribution >= 4 is 29.3 Å². The van der Waals surface area contributed by atoms with E-state index in [1.165, 1.54) is 30.5 Å². The van der Waals surface area contributed by atoms with Gasteiger partial charge in [0.2, 0.25) is 0 Å². The fourth-order valence-electron chi connectivity index (χ4n) is 1.54. The quantitative estimate of drug-likeness (QED) is 0.488. The van der Waals surface area contributed by atoms with Gasteiger partial charge in [-0.3, -0.25) is 0 Å². The molecule has 0 saturated heterocycles. The van der Waals surface area contributed by atoms with Gasteiger partial charge in [-0.15, -0.1) is 11.8 Å². The second-order valence-corrected chi connectivity index (χ2v) is 5.17. The zero-order valence-corrected chi connectivity index (χ0v) is 11.9. The van der Waals surface area contributed by atoms with E-state index in [1.54, 1.807) is 6.20 Å². The van der Waals surface area contributed by atoms with Gasteiger partial charge in [-0.2, -0.15) is 0 Å². The van der Waals surface area contributed by atoms with Gasteiger partial charge in [-0.05, 0) is 11.6 Å². The first-order valence-corrected chi connectivity index (χ1v) is 6.97. The van der Waals surface area contributed by atoms with Crippen LogP contribution in [-0.4, -0.2) is 18.1 Å². The van der Waals surface area contributed by atoms with Gasteiger partial charge >= 0.3 is 5.97 Å². The number of benzene rings is 1. The van der Waals surface area contributed by atoms with Crippen LogP contribution in [0.25, 0.3) is 0 Å². The second-order valence-electron chi connectivity index (χ2n) is 3.77. The third-order valence-corrected chi connectivity index (χ3v) is 3.80. The Morgan fingerprint density at radius 2 is 2.11 bits per heavy atom. The summed E-state index contributed by atoms with van der Waals surface area (Å²) in [6.07, 6.45) is 1.60. The molecule has 98 valence electrons. The summed E-state index contributed by atoms with van der Waals surface area (Å²) in [4.78, 5) is 16.4. The predicted octanol–water partition coefficient (Wildman–Crippen LogP) is 3.81. The van der Waals surface area contributed by atoms with E-state index >= 15 is 0 Å². The number of esters is 1. The summed E-state index contributed by atoms with van der Waals surface area (Å²) in [7, 11) is 1.35. The zero-order chi connectivity index (χ0) is 13.7. The zero-order valence-electron chi connectivity index (χ0n) is 10.3. The molecule has 0 aliphatic rings. The van der Waals surface area contributed by atoms with Gasteiger partial charge in [0.25, 0.3) is 0 Å². The molecule has 0 unspecified atom stereocenters. The van der Waals surface area contributed by atoms with Crippen molar-refractivity contribution in [2.24, 2.45) is 0 Å². The Kier molecular flexibility index (Phi) is 4.82. The molecule has 1 aromatic carbocycles. The first-order valence-electron chi connectivity index (χ1n) is 5.61. The number of rotatable bonds is 4. The Labute approximate surface area is 121 Å². The number of hydrogen-bond acceptors (Lipinski definition) is 4. The maximum Gasteiger partial charge on any atom is 0.339 e. The van der Waals surface area contributed by atoms with Crippen LogP contribution in [0.2, 0.25) is 5.15 Å². The minimum absolute atomic E-state index is 0.282. The lowest BCUT2D eigenvalue weighted by Crippen LogP contribution is -2.04. The summed E-state index contributed by atoms with van der Waals surface area (Å²) in [5.41, 5.74) is 1.63. The van der Waals surface area contributed by atoms with Gasteiger partial charge in [0.15, 0.2) is 0 Å². The Morgan fingerprint density at radius 3 is 2.79 bits per heavy atom. The van der Waals surface area contributed by atoms with Crippen LogP contribution in [0.5, 0.6) is 0 Å². The SMILES string of the molecule is COC(=O)c1cc(Cl)ncc1SCc1ccccc1. The average Bonchev–Trinajstić information content (AvgIpc) is 2.46. The van der Waals surface area contributed by atoms with Crippen molar-refractivity contribution in [3.05, 3.63) is 58.9 Å². The second kappa shape index (κ2) is 6.59. The van der Waals surface area contributed by atoms with Crippen LogP contribution in [0.4, 0.5) is 0 Å². The number of hydrogen-bond donors (Lipinski definition) is 0. The van der Waals surface area contributed by atoms with Crippen LogP contribution in [-0.2, 0) is 10.5 Å². The molecular weight excluding hydrogens is 282 g/mol. The van der Waals surface area contributed by atoms with Crippen molar-refractivity contribution in [2.75, 3.05) is 7.11 Å².